The van der Waals surface area contributed by atoms with Crippen molar-refractivity contribution in [1.82, 2.24) is 0 Å². The number of benzene rings is 1. The van der Waals surface area contributed by atoms with Crippen molar-refractivity contribution in [2.45, 2.75) is 20.8 Å². The van der Waals surface area contributed by atoms with E-state index in [1.165, 1.54) is 0 Å². The molecule has 14 heavy (non-hydrogen) atoms. The monoisotopic (exact) mass is 188 g/mol. The highest BCUT2D eigenvalue weighted by atomic mass is 16.1. The summed E-state index contributed by atoms with van der Waals surface area (Å²) in [5, 5.41) is 0. The maximum atomic E-state index is 11.6. The molecule has 1 heteroatoms. The third-order valence-electron chi connectivity index (χ3n) is 1.97. The van der Waals surface area contributed by atoms with E-state index in [9.17, 15) is 4.79 Å². The molecule has 0 aliphatic carbocycles. The minimum absolute atomic E-state index is 0.154. The van der Waals surface area contributed by atoms with Crippen LogP contribution in [0.3, 0.4) is 0 Å². The Morgan fingerprint density at radius 3 is 2.21 bits per heavy atom. The van der Waals surface area contributed by atoms with Crippen molar-refractivity contribution in [3.8, 4) is 0 Å². The van der Waals surface area contributed by atoms with E-state index in [-0.39, 0.29) is 11.2 Å². The molecule has 1 aromatic rings. The number of hydrogen-bond donors (Lipinski definition) is 0. The van der Waals surface area contributed by atoms with Gasteiger partial charge in [-0.3, -0.25) is 4.79 Å². The van der Waals surface area contributed by atoms with Gasteiger partial charge in [0.25, 0.3) is 0 Å². The van der Waals surface area contributed by atoms with Gasteiger partial charge in [0.05, 0.1) is 0 Å². The molecule has 1 aromatic carbocycles. The molecule has 0 aliphatic heterocycles. The highest BCUT2D eigenvalue weighted by Crippen LogP contribution is 2.15. The molecule has 0 atom stereocenters. The molecule has 1 nitrogen and oxygen atoms in total. The highest BCUT2D eigenvalue weighted by molar-refractivity contribution is 5.97. The van der Waals surface area contributed by atoms with E-state index in [0.717, 1.165) is 5.56 Å². The zero-order valence-corrected chi connectivity index (χ0v) is 8.95. The summed E-state index contributed by atoms with van der Waals surface area (Å²) in [6.07, 6.45) is 3.50. The molecule has 1 rings (SSSR count). The lowest BCUT2D eigenvalue weighted by Gasteiger charge is -2.12. The fourth-order valence-corrected chi connectivity index (χ4v) is 0.986. The van der Waals surface area contributed by atoms with Gasteiger partial charge >= 0.3 is 0 Å². The molecule has 0 unspecified atom stereocenters. The standard InChI is InChI=1S/C13H16O/c1-13(2,3)12(14)10-9-11-7-5-4-6-8-11/h4-10H,1-3H3/b10-9+. The van der Waals surface area contributed by atoms with Gasteiger partial charge in [-0.05, 0) is 11.6 Å². The van der Waals surface area contributed by atoms with Crippen LogP contribution < -0.4 is 0 Å². The Bertz CT molecular complexity index is 328. The predicted molar refractivity (Wildman–Crippen MR) is 59.9 cm³/mol. The van der Waals surface area contributed by atoms with Crippen molar-refractivity contribution in [1.29, 1.82) is 0 Å². The molecule has 0 amide bonds. The molecule has 74 valence electrons. The van der Waals surface area contributed by atoms with Gasteiger partial charge in [-0.2, -0.15) is 0 Å². The largest absolute Gasteiger partial charge is 0.294 e. The lowest BCUT2D eigenvalue weighted by molar-refractivity contribution is -0.121. The fourth-order valence-electron chi connectivity index (χ4n) is 0.986. The second-order valence-electron chi connectivity index (χ2n) is 4.36. The molecule has 0 bridgehead atoms. The van der Waals surface area contributed by atoms with E-state index in [2.05, 4.69) is 0 Å². The summed E-state index contributed by atoms with van der Waals surface area (Å²) in [7, 11) is 0. The summed E-state index contributed by atoms with van der Waals surface area (Å²) < 4.78 is 0. The van der Waals surface area contributed by atoms with Gasteiger partial charge in [-0.15, -0.1) is 0 Å². The second kappa shape index (κ2) is 4.23. The Balaban J connectivity index is 2.71. The average molecular weight is 188 g/mol. The second-order valence-corrected chi connectivity index (χ2v) is 4.36. The van der Waals surface area contributed by atoms with Gasteiger partial charge in [0.15, 0.2) is 5.78 Å². The van der Waals surface area contributed by atoms with Crippen molar-refractivity contribution in [3.63, 3.8) is 0 Å². The Morgan fingerprint density at radius 1 is 1.14 bits per heavy atom. The maximum Gasteiger partial charge on any atom is 0.161 e. The number of carbonyl (C=O) groups excluding carboxylic acids is 1. The first-order chi connectivity index (χ1) is 6.50. The van der Waals surface area contributed by atoms with E-state index < -0.39 is 0 Å². The highest BCUT2D eigenvalue weighted by Gasteiger charge is 2.17. The third-order valence-corrected chi connectivity index (χ3v) is 1.97. The van der Waals surface area contributed by atoms with Crippen LogP contribution >= 0.6 is 0 Å². The lowest BCUT2D eigenvalue weighted by atomic mass is 9.90. The van der Waals surface area contributed by atoms with E-state index in [4.69, 9.17) is 0 Å². The van der Waals surface area contributed by atoms with Crippen LogP contribution in [0.4, 0.5) is 0 Å². The van der Waals surface area contributed by atoms with Crippen LogP contribution in [-0.2, 0) is 4.79 Å². The predicted octanol–water partition coefficient (Wildman–Crippen LogP) is 3.32. The first-order valence-electron chi connectivity index (χ1n) is 4.78. The summed E-state index contributed by atoms with van der Waals surface area (Å²) >= 11 is 0. The number of allylic oxidation sites excluding steroid dienone is 1. The normalized spacial score (nSPS) is 11.9. The zero-order valence-electron chi connectivity index (χ0n) is 8.95. The molecular weight excluding hydrogens is 172 g/mol. The van der Waals surface area contributed by atoms with Crippen LogP contribution in [0.2, 0.25) is 0 Å². The summed E-state index contributed by atoms with van der Waals surface area (Å²) in [4.78, 5) is 11.6. The molecule has 0 saturated carbocycles. The number of hydrogen-bond acceptors (Lipinski definition) is 1. The maximum absolute atomic E-state index is 11.6. The van der Waals surface area contributed by atoms with Crippen molar-refractivity contribution in [3.05, 3.63) is 42.0 Å². The third kappa shape index (κ3) is 3.17. The Hall–Kier alpha value is -1.37. The van der Waals surface area contributed by atoms with E-state index >= 15 is 0 Å². The summed E-state index contributed by atoms with van der Waals surface area (Å²) in [6.45, 7) is 5.76. The average Bonchev–Trinajstić information content (AvgIpc) is 2.14. The smallest absolute Gasteiger partial charge is 0.161 e. The van der Waals surface area contributed by atoms with Crippen LogP contribution in [0.15, 0.2) is 36.4 Å². The SMILES string of the molecule is CC(C)(C)C(=O)/C=C/c1ccccc1. The Kier molecular flexibility index (Phi) is 3.23. The molecule has 0 fully saturated rings. The minimum atomic E-state index is -0.286. The van der Waals surface area contributed by atoms with Gasteiger partial charge in [0.1, 0.15) is 0 Å². The minimum Gasteiger partial charge on any atom is -0.294 e. The van der Waals surface area contributed by atoms with Crippen molar-refractivity contribution < 1.29 is 4.79 Å². The fraction of sp³-hybridized carbons (Fsp3) is 0.308. The molecule has 0 aliphatic rings. The quantitative estimate of drug-likeness (QED) is 0.651. The van der Waals surface area contributed by atoms with Crippen LogP contribution in [0.25, 0.3) is 6.08 Å². The van der Waals surface area contributed by atoms with Gasteiger partial charge in [-0.25, -0.2) is 0 Å². The van der Waals surface area contributed by atoms with E-state index in [1.807, 2.05) is 57.2 Å². The van der Waals surface area contributed by atoms with E-state index in [1.54, 1.807) is 6.08 Å². The number of carbonyl (C=O) groups is 1. The van der Waals surface area contributed by atoms with Crippen LogP contribution in [0.5, 0.6) is 0 Å². The van der Waals surface area contributed by atoms with Gasteiger partial charge in [-0.1, -0.05) is 57.2 Å². The molecule has 0 radical (unpaired) electrons. The van der Waals surface area contributed by atoms with Crippen LogP contribution in [0.1, 0.15) is 26.3 Å². The van der Waals surface area contributed by atoms with Crippen LogP contribution in [-0.4, -0.2) is 5.78 Å². The first kappa shape index (κ1) is 10.7. The number of rotatable bonds is 2. The topological polar surface area (TPSA) is 17.1 Å². The van der Waals surface area contributed by atoms with Gasteiger partial charge < -0.3 is 0 Å². The van der Waals surface area contributed by atoms with Crippen molar-refractivity contribution >= 4 is 11.9 Å². The van der Waals surface area contributed by atoms with Gasteiger partial charge in [0.2, 0.25) is 0 Å². The van der Waals surface area contributed by atoms with E-state index in [0.29, 0.717) is 0 Å². The molecule has 0 spiro atoms. The summed E-state index contributed by atoms with van der Waals surface area (Å²) in [5.41, 5.74) is 0.774. The van der Waals surface area contributed by atoms with Crippen molar-refractivity contribution in [2.24, 2.45) is 5.41 Å². The molecule has 0 heterocycles. The molecular formula is C13H16O. The lowest BCUT2D eigenvalue weighted by Crippen LogP contribution is -2.17. The van der Waals surface area contributed by atoms with Crippen LogP contribution in [0, 0.1) is 5.41 Å². The summed E-state index contributed by atoms with van der Waals surface area (Å²) in [6, 6.07) is 9.84. The molecule has 0 aromatic heterocycles. The molecule has 0 saturated heterocycles. The Labute approximate surface area is 85.5 Å². The Morgan fingerprint density at radius 2 is 1.71 bits per heavy atom. The number of ketones is 1. The zero-order chi connectivity index (χ0) is 10.6. The molecule has 0 N–H and O–H groups in total. The first-order valence-corrected chi connectivity index (χ1v) is 4.78. The summed E-state index contributed by atoms with van der Waals surface area (Å²) in [5.74, 6) is 0.154. The van der Waals surface area contributed by atoms with Gasteiger partial charge in [0, 0.05) is 5.41 Å². The van der Waals surface area contributed by atoms with Crippen molar-refractivity contribution in [2.75, 3.05) is 0 Å².